The van der Waals surface area contributed by atoms with E-state index in [2.05, 4.69) is 37.7 Å². The molecular weight excluding hydrogens is 244 g/mol. The van der Waals surface area contributed by atoms with E-state index in [0.29, 0.717) is 6.04 Å². The molecule has 4 heteroatoms. The number of rotatable bonds is 4. The molecule has 0 saturated carbocycles. The molecule has 0 N–H and O–H groups in total. The second-order valence-electron chi connectivity index (χ2n) is 4.78. The molecule has 0 saturated heterocycles. The summed E-state index contributed by atoms with van der Waals surface area (Å²) >= 11 is 1.76. The zero-order chi connectivity index (χ0) is 13.3. The lowest BCUT2D eigenvalue weighted by Crippen LogP contribution is -2.22. The van der Waals surface area contributed by atoms with Crippen molar-refractivity contribution < 1.29 is 4.42 Å². The standard InChI is InChI=1S/C14H20N2OS/c1-9-6-7-13(17-9)8-16(5)10(2)14-11(3)18-12(4)15-14/h6-7,10H,8H2,1-5H3/t10-/m1/s1. The van der Waals surface area contributed by atoms with E-state index in [4.69, 9.17) is 4.42 Å². The van der Waals surface area contributed by atoms with Gasteiger partial charge in [0.15, 0.2) is 0 Å². The minimum Gasteiger partial charge on any atom is -0.465 e. The van der Waals surface area contributed by atoms with E-state index in [1.54, 1.807) is 11.3 Å². The van der Waals surface area contributed by atoms with E-state index in [9.17, 15) is 0 Å². The van der Waals surface area contributed by atoms with Crippen LogP contribution in [0.15, 0.2) is 16.5 Å². The monoisotopic (exact) mass is 264 g/mol. The van der Waals surface area contributed by atoms with Crippen LogP contribution < -0.4 is 0 Å². The van der Waals surface area contributed by atoms with Gasteiger partial charge in [0.05, 0.1) is 23.3 Å². The summed E-state index contributed by atoms with van der Waals surface area (Å²) in [6.45, 7) is 9.17. The maximum absolute atomic E-state index is 5.62. The third-order valence-electron chi connectivity index (χ3n) is 3.20. The van der Waals surface area contributed by atoms with Gasteiger partial charge in [0, 0.05) is 4.88 Å². The van der Waals surface area contributed by atoms with Crippen molar-refractivity contribution in [1.82, 2.24) is 9.88 Å². The van der Waals surface area contributed by atoms with Crippen LogP contribution in [0.25, 0.3) is 0 Å². The molecule has 0 radical (unpaired) electrons. The quantitative estimate of drug-likeness (QED) is 0.840. The minimum atomic E-state index is 0.306. The molecule has 3 nitrogen and oxygen atoms in total. The molecule has 0 aliphatic carbocycles. The van der Waals surface area contributed by atoms with Crippen LogP contribution in [0, 0.1) is 20.8 Å². The lowest BCUT2D eigenvalue weighted by Gasteiger charge is -2.22. The molecule has 0 fully saturated rings. The van der Waals surface area contributed by atoms with Gasteiger partial charge in [0.25, 0.3) is 0 Å². The van der Waals surface area contributed by atoms with Crippen molar-refractivity contribution in [2.24, 2.45) is 0 Å². The highest BCUT2D eigenvalue weighted by atomic mass is 32.1. The first-order valence-corrected chi connectivity index (χ1v) is 6.98. The van der Waals surface area contributed by atoms with E-state index in [1.165, 1.54) is 10.6 Å². The van der Waals surface area contributed by atoms with Crippen molar-refractivity contribution in [2.45, 2.75) is 40.3 Å². The first kappa shape index (κ1) is 13.3. The van der Waals surface area contributed by atoms with Crippen molar-refractivity contribution in [3.05, 3.63) is 39.2 Å². The molecule has 1 atom stereocenters. The van der Waals surface area contributed by atoms with Crippen LogP contribution >= 0.6 is 11.3 Å². The van der Waals surface area contributed by atoms with Crippen LogP contribution in [-0.2, 0) is 6.54 Å². The molecule has 0 unspecified atom stereocenters. The predicted molar refractivity (Wildman–Crippen MR) is 74.9 cm³/mol. The highest BCUT2D eigenvalue weighted by Crippen LogP contribution is 2.27. The van der Waals surface area contributed by atoms with E-state index >= 15 is 0 Å². The summed E-state index contributed by atoms with van der Waals surface area (Å²) < 4.78 is 5.62. The van der Waals surface area contributed by atoms with Crippen LogP contribution in [0.5, 0.6) is 0 Å². The van der Waals surface area contributed by atoms with Gasteiger partial charge in [-0.2, -0.15) is 0 Å². The fourth-order valence-electron chi connectivity index (χ4n) is 2.09. The molecule has 0 bridgehead atoms. The van der Waals surface area contributed by atoms with Gasteiger partial charge in [-0.05, 0) is 46.9 Å². The number of nitrogens with zero attached hydrogens (tertiary/aromatic N) is 2. The molecule has 98 valence electrons. The number of furan rings is 1. The minimum absolute atomic E-state index is 0.306. The van der Waals surface area contributed by atoms with Gasteiger partial charge in [-0.15, -0.1) is 11.3 Å². The van der Waals surface area contributed by atoms with Crippen LogP contribution in [0.3, 0.4) is 0 Å². The molecule has 0 spiro atoms. The number of aryl methyl sites for hydroxylation is 3. The van der Waals surface area contributed by atoms with Gasteiger partial charge in [0.1, 0.15) is 11.5 Å². The Kier molecular flexibility index (Phi) is 3.88. The fraction of sp³-hybridized carbons (Fsp3) is 0.500. The van der Waals surface area contributed by atoms with Crippen molar-refractivity contribution in [1.29, 1.82) is 0 Å². The van der Waals surface area contributed by atoms with Gasteiger partial charge in [-0.3, -0.25) is 4.90 Å². The Balaban J connectivity index is 2.09. The third kappa shape index (κ3) is 2.82. The molecular formula is C14H20N2OS. The Labute approximate surface area is 112 Å². The fourth-order valence-corrected chi connectivity index (χ4v) is 3.00. The molecule has 2 aromatic rings. The second kappa shape index (κ2) is 5.24. The summed E-state index contributed by atoms with van der Waals surface area (Å²) in [4.78, 5) is 8.20. The normalized spacial score (nSPS) is 13.2. The van der Waals surface area contributed by atoms with Crippen molar-refractivity contribution in [3.63, 3.8) is 0 Å². The maximum atomic E-state index is 5.62. The third-order valence-corrected chi connectivity index (χ3v) is 4.10. The van der Waals surface area contributed by atoms with E-state index in [1.807, 2.05) is 19.1 Å². The Morgan fingerprint density at radius 3 is 2.56 bits per heavy atom. The average molecular weight is 264 g/mol. The lowest BCUT2D eigenvalue weighted by atomic mass is 10.2. The number of thiazole rings is 1. The Hall–Kier alpha value is -1.13. The first-order valence-electron chi connectivity index (χ1n) is 6.17. The smallest absolute Gasteiger partial charge is 0.118 e. The van der Waals surface area contributed by atoms with Gasteiger partial charge < -0.3 is 4.42 Å². The molecule has 2 heterocycles. The van der Waals surface area contributed by atoms with E-state index < -0.39 is 0 Å². The summed E-state index contributed by atoms with van der Waals surface area (Å²) in [6.07, 6.45) is 0. The maximum Gasteiger partial charge on any atom is 0.118 e. The molecule has 0 amide bonds. The van der Waals surface area contributed by atoms with Crippen LogP contribution in [0.1, 0.15) is 40.1 Å². The lowest BCUT2D eigenvalue weighted by molar-refractivity contribution is 0.227. The second-order valence-corrected chi connectivity index (χ2v) is 6.19. The molecule has 2 rings (SSSR count). The molecule has 0 aliphatic heterocycles. The summed E-state index contributed by atoms with van der Waals surface area (Å²) in [5, 5.41) is 1.14. The largest absolute Gasteiger partial charge is 0.465 e. The molecule has 0 aromatic carbocycles. The topological polar surface area (TPSA) is 29.3 Å². The zero-order valence-corrected chi connectivity index (χ0v) is 12.5. The van der Waals surface area contributed by atoms with Crippen molar-refractivity contribution >= 4 is 11.3 Å². The summed E-state index contributed by atoms with van der Waals surface area (Å²) in [5.74, 6) is 1.97. The van der Waals surface area contributed by atoms with Crippen LogP contribution in [-0.4, -0.2) is 16.9 Å². The number of hydrogen-bond acceptors (Lipinski definition) is 4. The molecule has 0 aliphatic rings. The van der Waals surface area contributed by atoms with Crippen LogP contribution in [0.4, 0.5) is 0 Å². The summed E-state index contributed by atoms with van der Waals surface area (Å²) in [6, 6.07) is 4.35. The zero-order valence-electron chi connectivity index (χ0n) is 11.7. The molecule has 2 aromatic heterocycles. The van der Waals surface area contributed by atoms with Gasteiger partial charge >= 0.3 is 0 Å². The summed E-state index contributed by atoms with van der Waals surface area (Å²) in [7, 11) is 2.11. The highest BCUT2D eigenvalue weighted by molar-refractivity contribution is 7.11. The van der Waals surface area contributed by atoms with Gasteiger partial charge in [-0.25, -0.2) is 4.98 Å². The van der Waals surface area contributed by atoms with Crippen LogP contribution in [0.2, 0.25) is 0 Å². The van der Waals surface area contributed by atoms with E-state index in [0.717, 1.165) is 23.1 Å². The van der Waals surface area contributed by atoms with E-state index in [-0.39, 0.29) is 0 Å². The summed E-state index contributed by atoms with van der Waals surface area (Å²) in [5.41, 5.74) is 1.18. The SMILES string of the molecule is Cc1ccc(CN(C)[C@H](C)c2nc(C)sc2C)o1. The Morgan fingerprint density at radius 2 is 2.06 bits per heavy atom. The van der Waals surface area contributed by atoms with Crippen molar-refractivity contribution in [2.75, 3.05) is 7.05 Å². The highest BCUT2D eigenvalue weighted by Gasteiger charge is 2.18. The van der Waals surface area contributed by atoms with Crippen molar-refractivity contribution in [3.8, 4) is 0 Å². The van der Waals surface area contributed by atoms with Gasteiger partial charge in [0.2, 0.25) is 0 Å². The molecule has 18 heavy (non-hydrogen) atoms. The Morgan fingerprint density at radius 1 is 1.33 bits per heavy atom. The van der Waals surface area contributed by atoms with Gasteiger partial charge in [-0.1, -0.05) is 0 Å². The number of hydrogen-bond donors (Lipinski definition) is 0. The number of aromatic nitrogens is 1. The predicted octanol–water partition coefficient (Wildman–Crippen LogP) is 3.85. The first-order chi connectivity index (χ1) is 8.47. The Bertz CT molecular complexity index is 530. The average Bonchev–Trinajstić information content (AvgIpc) is 2.84.